The van der Waals surface area contributed by atoms with E-state index in [-0.39, 0.29) is 12.6 Å². The van der Waals surface area contributed by atoms with Crippen molar-refractivity contribution in [1.29, 1.82) is 0 Å². The Labute approximate surface area is 145 Å². The number of esters is 1. The minimum absolute atomic E-state index is 0.0949. The first kappa shape index (κ1) is 18.4. The van der Waals surface area contributed by atoms with Crippen LogP contribution in [0.5, 0.6) is 5.75 Å². The fourth-order valence-electron chi connectivity index (χ4n) is 2.15. The SMILES string of the molecule is COC(=O)COc1ccc(CC(C)NCC(O)c2cscn2)cc1. The highest BCUT2D eigenvalue weighted by atomic mass is 32.1. The van der Waals surface area contributed by atoms with Crippen LogP contribution >= 0.6 is 11.3 Å². The second kappa shape index (κ2) is 9.36. The third-order valence-corrected chi connectivity index (χ3v) is 4.11. The summed E-state index contributed by atoms with van der Waals surface area (Å²) in [6.07, 6.45) is 0.231. The Hall–Kier alpha value is -1.96. The number of nitrogens with one attached hydrogen (secondary N) is 1. The fourth-order valence-corrected chi connectivity index (χ4v) is 2.75. The van der Waals surface area contributed by atoms with E-state index < -0.39 is 12.1 Å². The number of rotatable bonds is 9. The molecule has 0 aliphatic heterocycles. The summed E-state index contributed by atoms with van der Waals surface area (Å²) < 4.78 is 9.83. The molecule has 6 nitrogen and oxygen atoms in total. The normalized spacial score (nSPS) is 13.3. The molecule has 0 aliphatic rings. The van der Waals surface area contributed by atoms with Gasteiger partial charge in [0.2, 0.25) is 0 Å². The van der Waals surface area contributed by atoms with Crippen molar-refractivity contribution >= 4 is 17.3 Å². The fraction of sp³-hybridized carbons (Fsp3) is 0.412. The van der Waals surface area contributed by atoms with Crippen LogP contribution in [0.25, 0.3) is 0 Å². The Bertz CT molecular complexity index is 616. The first-order valence-electron chi connectivity index (χ1n) is 7.66. The molecule has 2 unspecified atom stereocenters. The molecule has 130 valence electrons. The predicted molar refractivity (Wildman–Crippen MR) is 92.2 cm³/mol. The van der Waals surface area contributed by atoms with E-state index in [1.165, 1.54) is 18.4 Å². The van der Waals surface area contributed by atoms with Crippen LogP contribution in [0.3, 0.4) is 0 Å². The van der Waals surface area contributed by atoms with Gasteiger partial charge in [0.05, 0.1) is 18.3 Å². The van der Waals surface area contributed by atoms with Crippen LogP contribution in [-0.4, -0.2) is 42.4 Å². The Kier molecular flexibility index (Phi) is 7.17. The summed E-state index contributed by atoms with van der Waals surface area (Å²) in [5, 5.41) is 15.2. The van der Waals surface area contributed by atoms with Crippen LogP contribution < -0.4 is 10.1 Å². The molecule has 2 N–H and O–H groups in total. The Morgan fingerprint density at radius 1 is 1.38 bits per heavy atom. The molecule has 0 radical (unpaired) electrons. The lowest BCUT2D eigenvalue weighted by atomic mass is 10.1. The number of carbonyl (C=O) groups excluding carboxylic acids is 1. The van der Waals surface area contributed by atoms with Crippen molar-refractivity contribution in [1.82, 2.24) is 10.3 Å². The van der Waals surface area contributed by atoms with Crippen molar-refractivity contribution in [3.8, 4) is 5.75 Å². The number of ether oxygens (including phenoxy) is 2. The van der Waals surface area contributed by atoms with Gasteiger partial charge in [-0.15, -0.1) is 11.3 Å². The number of aromatic nitrogens is 1. The molecule has 1 aromatic carbocycles. The van der Waals surface area contributed by atoms with E-state index in [2.05, 4.69) is 22.0 Å². The lowest BCUT2D eigenvalue weighted by molar-refractivity contribution is -0.142. The van der Waals surface area contributed by atoms with Crippen molar-refractivity contribution in [2.45, 2.75) is 25.5 Å². The highest BCUT2D eigenvalue weighted by molar-refractivity contribution is 7.07. The molecular formula is C17H22N2O4S. The van der Waals surface area contributed by atoms with Crippen LogP contribution in [0.4, 0.5) is 0 Å². The highest BCUT2D eigenvalue weighted by Gasteiger charge is 2.11. The maximum atomic E-state index is 11.0. The Morgan fingerprint density at radius 3 is 2.75 bits per heavy atom. The summed E-state index contributed by atoms with van der Waals surface area (Å²) in [5.74, 6) is 0.222. The Balaban J connectivity index is 1.75. The topological polar surface area (TPSA) is 80.7 Å². The maximum Gasteiger partial charge on any atom is 0.343 e. The van der Waals surface area contributed by atoms with Crippen molar-refractivity contribution in [3.63, 3.8) is 0 Å². The largest absolute Gasteiger partial charge is 0.482 e. The van der Waals surface area contributed by atoms with Gasteiger partial charge in [-0.25, -0.2) is 9.78 Å². The standard InChI is InChI=1S/C17H22N2O4S/c1-12(18-8-16(20)15-10-24-11-19-15)7-13-3-5-14(6-4-13)23-9-17(21)22-2/h3-6,10-12,16,18,20H,7-9H2,1-2H3. The van der Waals surface area contributed by atoms with E-state index in [0.717, 1.165) is 12.0 Å². The third kappa shape index (κ3) is 5.92. The zero-order chi connectivity index (χ0) is 17.4. The number of thiazole rings is 1. The predicted octanol–water partition coefficient (Wildman–Crippen LogP) is 1.95. The van der Waals surface area contributed by atoms with E-state index in [9.17, 15) is 9.90 Å². The minimum Gasteiger partial charge on any atom is -0.482 e. The van der Waals surface area contributed by atoms with Gasteiger partial charge in [-0.05, 0) is 31.0 Å². The molecule has 0 saturated carbocycles. The first-order valence-corrected chi connectivity index (χ1v) is 8.61. The summed E-state index contributed by atoms with van der Waals surface area (Å²) in [6.45, 7) is 2.43. The number of hydrogen-bond acceptors (Lipinski definition) is 7. The molecule has 0 spiro atoms. The lowest BCUT2D eigenvalue weighted by Gasteiger charge is -2.16. The van der Waals surface area contributed by atoms with Gasteiger partial charge in [0.15, 0.2) is 6.61 Å². The van der Waals surface area contributed by atoms with Crippen LogP contribution in [0.2, 0.25) is 0 Å². The number of benzene rings is 1. The number of hydrogen-bond donors (Lipinski definition) is 2. The lowest BCUT2D eigenvalue weighted by Crippen LogP contribution is -2.32. The van der Waals surface area contributed by atoms with Gasteiger partial charge in [0.1, 0.15) is 11.9 Å². The van der Waals surface area contributed by atoms with E-state index in [0.29, 0.717) is 18.0 Å². The number of methoxy groups -OCH3 is 1. The molecule has 1 aromatic heterocycles. The molecule has 7 heteroatoms. The molecular weight excluding hydrogens is 328 g/mol. The first-order chi connectivity index (χ1) is 11.6. The summed E-state index contributed by atoms with van der Waals surface area (Å²) in [6, 6.07) is 7.79. The van der Waals surface area contributed by atoms with Crippen molar-refractivity contribution in [2.24, 2.45) is 0 Å². The number of aliphatic hydroxyl groups is 1. The van der Waals surface area contributed by atoms with Gasteiger partial charge in [-0.3, -0.25) is 0 Å². The van der Waals surface area contributed by atoms with Crippen LogP contribution in [0.15, 0.2) is 35.2 Å². The van der Waals surface area contributed by atoms with Gasteiger partial charge in [-0.1, -0.05) is 12.1 Å². The second-order valence-corrected chi connectivity index (χ2v) is 6.17. The Morgan fingerprint density at radius 2 is 2.12 bits per heavy atom. The van der Waals surface area contributed by atoms with E-state index in [1.54, 1.807) is 5.51 Å². The average Bonchev–Trinajstić information content (AvgIpc) is 3.13. The average molecular weight is 350 g/mol. The molecule has 2 aromatic rings. The zero-order valence-electron chi connectivity index (χ0n) is 13.8. The molecule has 0 fully saturated rings. The van der Waals surface area contributed by atoms with E-state index in [1.807, 2.05) is 29.6 Å². The zero-order valence-corrected chi connectivity index (χ0v) is 14.6. The quantitative estimate of drug-likeness (QED) is 0.673. The van der Waals surface area contributed by atoms with E-state index >= 15 is 0 Å². The molecule has 0 bridgehead atoms. The summed E-state index contributed by atoms with van der Waals surface area (Å²) in [4.78, 5) is 15.1. The summed E-state index contributed by atoms with van der Waals surface area (Å²) >= 11 is 1.47. The van der Waals surface area contributed by atoms with Gasteiger partial charge in [0, 0.05) is 18.0 Å². The molecule has 2 atom stereocenters. The second-order valence-electron chi connectivity index (χ2n) is 5.45. The van der Waals surface area contributed by atoms with Crippen molar-refractivity contribution in [3.05, 3.63) is 46.4 Å². The van der Waals surface area contributed by atoms with E-state index in [4.69, 9.17) is 4.74 Å². The molecule has 1 heterocycles. The van der Waals surface area contributed by atoms with Crippen molar-refractivity contribution in [2.75, 3.05) is 20.3 Å². The van der Waals surface area contributed by atoms with Gasteiger partial charge in [0.25, 0.3) is 0 Å². The van der Waals surface area contributed by atoms with Crippen LogP contribution in [-0.2, 0) is 16.0 Å². The molecule has 24 heavy (non-hydrogen) atoms. The van der Waals surface area contributed by atoms with Gasteiger partial charge < -0.3 is 19.9 Å². The molecule has 2 rings (SSSR count). The maximum absolute atomic E-state index is 11.0. The monoisotopic (exact) mass is 350 g/mol. The molecule has 0 aliphatic carbocycles. The number of carbonyl (C=O) groups is 1. The summed E-state index contributed by atoms with van der Waals surface area (Å²) in [7, 11) is 1.33. The highest BCUT2D eigenvalue weighted by Crippen LogP contribution is 2.15. The number of aliphatic hydroxyl groups excluding tert-OH is 1. The van der Waals surface area contributed by atoms with Crippen LogP contribution in [0.1, 0.15) is 24.3 Å². The smallest absolute Gasteiger partial charge is 0.343 e. The minimum atomic E-state index is -0.590. The number of nitrogens with zero attached hydrogens (tertiary/aromatic N) is 1. The molecule has 0 amide bonds. The van der Waals surface area contributed by atoms with Gasteiger partial charge >= 0.3 is 5.97 Å². The summed E-state index contributed by atoms with van der Waals surface area (Å²) in [5.41, 5.74) is 3.56. The third-order valence-electron chi connectivity index (χ3n) is 3.50. The molecule has 0 saturated heterocycles. The van der Waals surface area contributed by atoms with Crippen LogP contribution in [0, 0.1) is 0 Å². The van der Waals surface area contributed by atoms with Gasteiger partial charge in [-0.2, -0.15) is 0 Å². The van der Waals surface area contributed by atoms with Crippen molar-refractivity contribution < 1.29 is 19.4 Å².